The molecule has 126 valence electrons. The van der Waals surface area contributed by atoms with E-state index in [1.807, 2.05) is 27.7 Å². The Morgan fingerprint density at radius 1 is 1.13 bits per heavy atom. The molecule has 0 saturated carbocycles. The monoisotopic (exact) mass is 337 g/mol. The quantitative estimate of drug-likeness (QED) is 0.638. The van der Waals surface area contributed by atoms with Crippen molar-refractivity contribution in [3.8, 4) is 0 Å². The minimum atomic E-state index is -0.335. The number of benzene rings is 1. The van der Waals surface area contributed by atoms with E-state index in [0.717, 1.165) is 0 Å². The fraction of sp³-hybridized carbons (Fsp3) is 0.471. The van der Waals surface area contributed by atoms with Crippen molar-refractivity contribution in [3.63, 3.8) is 0 Å². The summed E-state index contributed by atoms with van der Waals surface area (Å²) in [5, 5.41) is 4.56. The molecule has 0 saturated heterocycles. The van der Waals surface area contributed by atoms with Crippen LogP contribution in [0.5, 0.6) is 0 Å². The van der Waals surface area contributed by atoms with E-state index < -0.39 is 0 Å². The van der Waals surface area contributed by atoms with Gasteiger partial charge >= 0.3 is 0 Å². The number of nitrogens with zero attached hydrogens (tertiary/aromatic N) is 2. The van der Waals surface area contributed by atoms with Crippen LogP contribution in [0.15, 0.2) is 29.4 Å². The Hall–Kier alpha value is -1.88. The molecule has 2 amide bonds. The maximum absolute atomic E-state index is 12.3. The SMILES string of the molecule is C/C(CC(=O)N(C(C)C)C(C)C)=N/NC(=O)c1ccc(Cl)cc1. The summed E-state index contributed by atoms with van der Waals surface area (Å²) in [5.74, 6) is -0.338. The number of hydrogen-bond donors (Lipinski definition) is 1. The van der Waals surface area contributed by atoms with Gasteiger partial charge in [-0.05, 0) is 58.9 Å². The summed E-state index contributed by atoms with van der Waals surface area (Å²) < 4.78 is 0. The standard InChI is InChI=1S/C17H24ClN3O2/c1-11(2)21(12(3)4)16(22)10-13(5)19-20-17(23)14-6-8-15(18)9-7-14/h6-9,11-12H,10H2,1-5H3,(H,20,23)/b19-13-. The van der Waals surface area contributed by atoms with Crippen molar-refractivity contribution in [2.45, 2.75) is 53.1 Å². The largest absolute Gasteiger partial charge is 0.338 e. The Kier molecular flexibility index (Phi) is 7.23. The van der Waals surface area contributed by atoms with Gasteiger partial charge in [-0.15, -0.1) is 0 Å². The molecule has 1 aromatic carbocycles. The van der Waals surface area contributed by atoms with Gasteiger partial charge in [-0.1, -0.05) is 11.6 Å². The number of hydrogen-bond acceptors (Lipinski definition) is 3. The van der Waals surface area contributed by atoms with Crippen LogP contribution < -0.4 is 5.43 Å². The van der Waals surface area contributed by atoms with Crippen molar-refractivity contribution < 1.29 is 9.59 Å². The third-order valence-corrected chi connectivity index (χ3v) is 3.51. The van der Waals surface area contributed by atoms with Gasteiger partial charge in [-0.25, -0.2) is 5.43 Å². The third-order valence-electron chi connectivity index (χ3n) is 3.26. The fourth-order valence-electron chi connectivity index (χ4n) is 2.33. The van der Waals surface area contributed by atoms with E-state index in [1.165, 1.54) is 0 Å². The molecule has 0 heterocycles. The first kappa shape index (κ1) is 19.2. The summed E-state index contributed by atoms with van der Waals surface area (Å²) in [5.41, 5.74) is 3.48. The van der Waals surface area contributed by atoms with E-state index in [9.17, 15) is 9.59 Å². The molecule has 1 N–H and O–H groups in total. The molecule has 0 aliphatic heterocycles. The van der Waals surface area contributed by atoms with Crippen LogP contribution in [0.25, 0.3) is 0 Å². The van der Waals surface area contributed by atoms with Gasteiger partial charge in [0.25, 0.3) is 5.91 Å². The molecule has 0 bridgehead atoms. The Morgan fingerprint density at radius 3 is 2.13 bits per heavy atom. The molecule has 5 nitrogen and oxygen atoms in total. The van der Waals surface area contributed by atoms with Crippen LogP contribution in [0.1, 0.15) is 51.4 Å². The molecular weight excluding hydrogens is 314 g/mol. The topological polar surface area (TPSA) is 61.8 Å². The van der Waals surface area contributed by atoms with Gasteiger partial charge in [0, 0.05) is 28.4 Å². The van der Waals surface area contributed by atoms with Crippen LogP contribution >= 0.6 is 11.6 Å². The van der Waals surface area contributed by atoms with Crippen molar-refractivity contribution >= 4 is 29.1 Å². The zero-order valence-electron chi connectivity index (χ0n) is 14.3. The smallest absolute Gasteiger partial charge is 0.271 e. The molecule has 0 fully saturated rings. The number of carbonyl (C=O) groups excluding carboxylic acids is 2. The molecule has 0 spiro atoms. The van der Waals surface area contributed by atoms with E-state index in [2.05, 4.69) is 10.5 Å². The minimum Gasteiger partial charge on any atom is -0.338 e. The second kappa shape index (κ2) is 8.67. The minimum absolute atomic E-state index is 0.00279. The van der Waals surface area contributed by atoms with Gasteiger partial charge in [0.1, 0.15) is 0 Å². The summed E-state index contributed by atoms with van der Waals surface area (Å²) in [4.78, 5) is 26.1. The maximum Gasteiger partial charge on any atom is 0.271 e. The van der Waals surface area contributed by atoms with Crippen LogP contribution in [-0.4, -0.2) is 34.5 Å². The number of hydrazone groups is 1. The van der Waals surface area contributed by atoms with Crippen molar-refractivity contribution in [3.05, 3.63) is 34.9 Å². The summed E-state index contributed by atoms with van der Waals surface area (Å²) in [6.07, 6.45) is 0.178. The Labute approximate surface area is 142 Å². The van der Waals surface area contributed by atoms with Crippen molar-refractivity contribution in [2.24, 2.45) is 5.10 Å². The van der Waals surface area contributed by atoms with E-state index in [-0.39, 0.29) is 30.3 Å². The zero-order valence-corrected chi connectivity index (χ0v) is 15.0. The predicted octanol–water partition coefficient (Wildman–Crippen LogP) is 3.48. The molecule has 0 aromatic heterocycles. The third kappa shape index (κ3) is 6.02. The van der Waals surface area contributed by atoms with Gasteiger partial charge in [-0.2, -0.15) is 5.10 Å². The second-order valence-electron chi connectivity index (χ2n) is 5.96. The molecule has 6 heteroatoms. The van der Waals surface area contributed by atoms with E-state index in [4.69, 9.17) is 11.6 Å². The average molecular weight is 338 g/mol. The van der Waals surface area contributed by atoms with Crippen LogP contribution in [0.2, 0.25) is 5.02 Å². The molecule has 0 radical (unpaired) electrons. The van der Waals surface area contributed by atoms with Crippen molar-refractivity contribution in [1.29, 1.82) is 0 Å². The Bertz CT molecular complexity index is 572. The number of halogens is 1. The van der Waals surface area contributed by atoms with E-state index >= 15 is 0 Å². The first-order valence-corrected chi connectivity index (χ1v) is 8.00. The Morgan fingerprint density at radius 2 is 1.65 bits per heavy atom. The lowest BCUT2D eigenvalue weighted by Crippen LogP contribution is -2.42. The summed E-state index contributed by atoms with van der Waals surface area (Å²) in [6.45, 7) is 9.64. The summed E-state index contributed by atoms with van der Waals surface area (Å²) in [7, 11) is 0. The highest BCUT2D eigenvalue weighted by molar-refractivity contribution is 6.30. The lowest BCUT2D eigenvalue weighted by molar-refractivity contribution is -0.133. The number of nitrogens with one attached hydrogen (secondary N) is 1. The van der Waals surface area contributed by atoms with E-state index in [1.54, 1.807) is 36.1 Å². The fourth-order valence-corrected chi connectivity index (χ4v) is 2.46. The maximum atomic E-state index is 12.3. The highest BCUT2D eigenvalue weighted by Gasteiger charge is 2.20. The van der Waals surface area contributed by atoms with Crippen molar-refractivity contribution in [1.82, 2.24) is 10.3 Å². The molecule has 0 aliphatic rings. The Balaban J connectivity index is 2.65. The lowest BCUT2D eigenvalue weighted by atomic mass is 10.2. The first-order valence-electron chi connectivity index (χ1n) is 7.62. The second-order valence-corrected chi connectivity index (χ2v) is 6.40. The lowest BCUT2D eigenvalue weighted by Gasteiger charge is -2.30. The summed E-state index contributed by atoms with van der Waals surface area (Å²) in [6, 6.07) is 6.76. The van der Waals surface area contributed by atoms with Crippen LogP contribution in [0.4, 0.5) is 0 Å². The van der Waals surface area contributed by atoms with Gasteiger partial charge < -0.3 is 4.90 Å². The first-order chi connectivity index (χ1) is 10.7. The van der Waals surface area contributed by atoms with Crippen LogP contribution in [-0.2, 0) is 4.79 Å². The van der Waals surface area contributed by atoms with Crippen LogP contribution in [0.3, 0.4) is 0 Å². The molecule has 0 atom stereocenters. The number of carbonyl (C=O) groups is 2. The van der Waals surface area contributed by atoms with Gasteiger partial charge in [0.2, 0.25) is 5.91 Å². The molecule has 1 aromatic rings. The molecule has 23 heavy (non-hydrogen) atoms. The summed E-state index contributed by atoms with van der Waals surface area (Å²) >= 11 is 5.78. The molecule has 0 aliphatic carbocycles. The van der Waals surface area contributed by atoms with Gasteiger partial charge in [0.15, 0.2) is 0 Å². The highest BCUT2D eigenvalue weighted by Crippen LogP contribution is 2.10. The number of rotatable bonds is 6. The van der Waals surface area contributed by atoms with Gasteiger partial charge in [0.05, 0.1) is 6.42 Å². The molecular formula is C17H24ClN3O2. The average Bonchev–Trinajstić information content (AvgIpc) is 2.44. The van der Waals surface area contributed by atoms with Crippen molar-refractivity contribution in [2.75, 3.05) is 0 Å². The van der Waals surface area contributed by atoms with E-state index in [0.29, 0.717) is 16.3 Å². The van der Waals surface area contributed by atoms with Crippen LogP contribution in [0, 0.1) is 0 Å². The highest BCUT2D eigenvalue weighted by atomic mass is 35.5. The zero-order chi connectivity index (χ0) is 17.6. The molecule has 0 unspecified atom stereocenters. The normalized spacial score (nSPS) is 11.7. The predicted molar refractivity (Wildman–Crippen MR) is 93.8 cm³/mol. The molecule has 1 rings (SSSR count). The van der Waals surface area contributed by atoms with Gasteiger partial charge in [-0.3, -0.25) is 9.59 Å². The number of amides is 2.